The Labute approximate surface area is 120 Å². The molecule has 0 saturated carbocycles. The predicted molar refractivity (Wildman–Crippen MR) is 80.0 cm³/mol. The van der Waals surface area contributed by atoms with Crippen LogP contribution < -0.4 is 10.1 Å². The molecule has 0 fully saturated rings. The van der Waals surface area contributed by atoms with E-state index in [0.29, 0.717) is 6.01 Å². The van der Waals surface area contributed by atoms with Gasteiger partial charge >= 0.3 is 6.01 Å². The van der Waals surface area contributed by atoms with Crippen LogP contribution >= 0.6 is 0 Å². The maximum absolute atomic E-state index is 5.68. The molecule has 0 atom stereocenters. The minimum Gasteiger partial charge on any atom is -0.424 e. The zero-order valence-corrected chi connectivity index (χ0v) is 12.3. The summed E-state index contributed by atoms with van der Waals surface area (Å²) in [6, 6.07) is 6.45. The predicted octanol–water partition coefficient (Wildman–Crippen LogP) is 3.39. The van der Waals surface area contributed by atoms with Crippen molar-refractivity contribution in [2.24, 2.45) is 0 Å². The van der Waals surface area contributed by atoms with Crippen LogP contribution in [0.4, 0.5) is 0 Å². The molecule has 0 amide bonds. The molecule has 4 nitrogen and oxygen atoms in total. The molecule has 0 spiro atoms. The van der Waals surface area contributed by atoms with Gasteiger partial charge in [-0.05, 0) is 50.1 Å². The van der Waals surface area contributed by atoms with Gasteiger partial charge < -0.3 is 10.1 Å². The molecule has 4 heteroatoms. The Kier molecular flexibility index (Phi) is 5.07. The number of ether oxygens (including phenoxy) is 1. The number of nitrogens with zero attached hydrogens (tertiary/aromatic N) is 2. The second-order valence-electron chi connectivity index (χ2n) is 4.98. The van der Waals surface area contributed by atoms with Crippen LogP contribution in [0.25, 0.3) is 0 Å². The van der Waals surface area contributed by atoms with Gasteiger partial charge in [0, 0.05) is 24.5 Å². The van der Waals surface area contributed by atoms with Gasteiger partial charge in [-0.15, -0.1) is 0 Å². The highest BCUT2D eigenvalue weighted by Gasteiger charge is 2.02. The van der Waals surface area contributed by atoms with Crippen LogP contribution in [0.2, 0.25) is 0 Å². The maximum Gasteiger partial charge on any atom is 0.321 e. The molecule has 2 aromatic rings. The lowest BCUT2D eigenvalue weighted by Crippen LogP contribution is -2.14. The Balaban J connectivity index is 1.99. The third-order valence-corrected chi connectivity index (χ3v) is 2.84. The van der Waals surface area contributed by atoms with Gasteiger partial charge in [0.2, 0.25) is 0 Å². The van der Waals surface area contributed by atoms with Crippen molar-refractivity contribution in [3.63, 3.8) is 0 Å². The summed E-state index contributed by atoms with van der Waals surface area (Å²) in [6.45, 7) is 8.02. The standard InChI is InChI=1S/C16H21N3O/c1-4-5-17-9-14-10-18-16(19-11-14)20-15-7-12(2)6-13(3)8-15/h6-8,10-11,17H,4-5,9H2,1-3H3. The van der Waals surface area contributed by atoms with Crippen molar-refractivity contribution < 1.29 is 4.74 Å². The number of hydrogen-bond acceptors (Lipinski definition) is 4. The molecule has 0 radical (unpaired) electrons. The van der Waals surface area contributed by atoms with Gasteiger partial charge in [0.15, 0.2) is 0 Å². The van der Waals surface area contributed by atoms with E-state index in [-0.39, 0.29) is 0 Å². The number of aryl methyl sites for hydroxylation is 2. The molecular weight excluding hydrogens is 250 g/mol. The highest BCUT2D eigenvalue weighted by molar-refractivity contribution is 5.34. The van der Waals surface area contributed by atoms with Gasteiger partial charge in [0.25, 0.3) is 0 Å². The van der Waals surface area contributed by atoms with E-state index < -0.39 is 0 Å². The molecule has 0 bridgehead atoms. The highest BCUT2D eigenvalue weighted by atomic mass is 16.5. The summed E-state index contributed by atoms with van der Waals surface area (Å²) in [7, 11) is 0. The Morgan fingerprint density at radius 2 is 1.70 bits per heavy atom. The fourth-order valence-corrected chi connectivity index (χ4v) is 1.99. The lowest BCUT2D eigenvalue weighted by molar-refractivity contribution is 0.440. The summed E-state index contributed by atoms with van der Waals surface area (Å²) in [6.07, 6.45) is 4.72. The first kappa shape index (κ1) is 14.5. The lowest BCUT2D eigenvalue weighted by Gasteiger charge is -2.07. The largest absolute Gasteiger partial charge is 0.424 e. The van der Waals surface area contributed by atoms with Crippen LogP contribution in [0, 0.1) is 13.8 Å². The number of benzene rings is 1. The van der Waals surface area contributed by atoms with Crippen LogP contribution in [-0.4, -0.2) is 16.5 Å². The first-order valence-corrected chi connectivity index (χ1v) is 6.95. The summed E-state index contributed by atoms with van der Waals surface area (Å²) in [5.41, 5.74) is 3.40. The highest BCUT2D eigenvalue weighted by Crippen LogP contribution is 2.20. The minimum absolute atomic E-state index is 0.384. The summed E-state index contributed by atoms with van der Waals surface area (Å²) >= 11 is 0. The van der Waals surface area contributed by atoms with Gasteiger partial charge in [-0.1, -0.05) is 13.0 Å². The zero-order valence-electron chi connectivity index (χ0n) is 12.3. The van der Waals surface area contributed by atoms with E-state index >= 15 is 0 Å². The van der Waals surface area contributed by atoms with E-state index in [4.69, 9.17) is 4.74 Å². The summed E-state index contributed by atoms with van der Waals surface area (Å²) in [5, 5.41) is 3.31. The van der Waals surface area contributed by atoms with E-state index in [9.17, 15) is 0 Å². The smallest absolute Gasteiger partial charge is 0.321 e. The average Bonchev–Trinajstić information content (AvgIpc) is 2.40. The Bertz CT molecular complexity index is 532. The Morgan fingerprint density at radius 3 is 2.30 bits per heavy atom. The Morgan fingerprint density at radius 1 is 1.05 bits per heavy atom. The first-order chi connectivity index (χ1) is 9.67. The van der Waals surface area contributed by atoms with E-state index in [1.807, 2.05) is 26.0 Å². The lowest BCUT2D eigenvalue weighted by atomic mass is 10.1. The van der Waals surface area contributed by atoms with Crippen molar-refractivity contribution in [3.8, 4) is 11.8 Å². The molecule has 1 aromatic carbocycles. The van der Waals surface area contributed by atoms with Crippen molar-refractivity contribution in [1.82, 2.24) is 15.3 Å². The van der Waals surface area contributed by atoms with Gasteiger partial charge in [-0.25, -0.2) is 9.97 Å². The number of rotatable bonds is 6. The van der Waals surface area contributed by atoms with E-state index in [2.05, 4.69) is 28.3 Å². The fraction of sp³-hybridized carbons (Fsp3) is 0.375. The molecule has 0 saturated heterocycles. The second-order valence-corrected chi connectivity index (χ2v) is 4.98. The molecule has 0 aliphatic carbocycles. The average molecular weight is 271 g/mol. The van der Waals surface area contributed by atoms with Gasteiger partial charge in [-0.3, -0.25) is 0 Å². The van der Waals surface area contributed by atoms with Crippen LogP contribution in [0.1, 0.15) is 30.0 Å². The van der Waals surface area contributed by atoms with Crippen LogP contribution in [-0.2, 0) is 6.54 Å². The van der Waals surface area contributed by atoms with Crippen molar-refractivity contribution >= 4 is 0 Å². The molecule has 1 N–H and O–H groups in total. The SMILES string of the molecule is CCCNCc1cnc(Oc2cc(C)cc(C)c2)nc1. The zero-order chi connectivity index (χ0) is 14.4. The molecule has 0 aliphatic heterocycles. The van der Waals surface area contributed by atoms with Crippen molar-refractivity contribution in [1.29, 1.82) is 0 Å². The fourth-order valence-electron chi connectivity index (χ4n) is 1.99. The molecule has 20 heavy (non-hydrogen) atoms. The maximum atomic E-state index is 5.68. The molecule has 0 unspecified atom stereocenters. The normalized spacial score (nSPS) is 10.6. The summed E-state index contributed by atoms with van der Waals surface area (Å²) in [5.74, 6) is 0.777. The molecule has 1 heterocycles. The summed E-state index contributed by atoms with van der Waals surface area (Å²) in [4.78, 5) is 8.48. The summed E-state index contributed by atoms with van der Waals surface area (Å²) < 4.78 is 5.68. The third-order valence-electron chi connectivity index (χ3n) is 2.84. The first-order valence-electron chi connectivity index (χ1n) is 6.95. The van der Waals surface area contributed by atoms with Crippen molar-refractivity contribution in [2.45, 2.75) is 33.7 Å². The van der Waals surface area contributed by atoms with Crippen LogP contribution in [0.5, 0.6) is 11.8 Å². The molecule has 106 valence electrons. The van der Waals surface area contributed by atoms with E-state index in [1.54, 1.807) is 12.4 Å². The second kappa shape index (κ2) is 7.01. The number of aromatic nitrogens is 2. The van der Waals surface area contributed by atoms with Crippen LogP contribution in [0.3, 0.4) is 0 Å². The number of nitrogens with one attached hydrogen (secondary N) is 1. The quantitative estimate of drug-likeness (QED) is 0.818. The molecular formula is C16H21N3O. The topological polar surface area (TPSA) is 47.0 Å². The Hall–Kier alpha value is -1.94. The van der Waals surface area contributed by atoms with Crippen molar-refractivity contribution in [3.05, 3.63) is 47.3 Å². The molecule has 1 aromatic heterocycles. The van der Waals surface area contributed by atoms with Crippen molar-refractivity contribution in [2.75, 3.05) is 6.54 Å². The van der Waals surface area contributed by atoms with Gasteiger partial charge in [0.05, 0.1) is 0 Å². The third kappa shape index (κ3) is 4.31. The minimum atomic E-state index is 0.384. The van der Waals surface area contributed by atoms with Gasteiger partial charge in [-0.2, -0.15) is 0 Å². The molecule has 2 rings (SSSR count). The van der Waals surface area contributed by atoms with E-state index in [0.717, 1.165) is 30.8 Å². The van der Waals surface area contributed by atoms with Crippen LogP contribution in [0.15, 0.2) is 30.6 Å². The number of hydrogen-bond donors (Lipinski definition) is 1. The van der Waals surface area contributed by atoms with Gasteiger partial charge in [0.1, 0.15) is 5.75 Å². The molecule has 0 aliphatic rings. The monoisotopic (exact) mass is 271 g/mol. The van der Waals surface area contributed by atoms with E-state index in [1.165, 1.54) is 11.1 Å².